The van der Waals surface area contributed by atoms with Crippen LogP contribution in [0.15, 0.2) is 134 Å². The number of aromatic nitrogens is 6. The van der Waals surface area contributed by atoms with E-state index in [0.29, 0.717) is 45.1 Å². The number of ether oxygens (including phenoxy) is 6. The van der Waals surface area contributed by atoms with E-state index in [0.717, 1.165) is 20.6 Å². The van der Waals surface area contributed by atoms with Gasteiger partial charge in [0, 0.05) is 65.2 Å². The number of rotatable bonds is 14. The molecule has 0 saturated carbocycles. The lowest BCUT2D eigenvalue weighted by Crippen LogP contribution is -2.61. The van der Waals surface area contributed by atoms with Gasteiger partial charge in [-0.05, 0) is 136 Å². The SMILES string of the molecule is COC(=O)[C@@H]1Cc2ccc(cc2)OCc2cn(nn2)C2C[C@@H](C(=O)N[C@@H](Cc3ccc4ccccc4c3)C(=O)N[C@H](C(=O)OC)Cc3ccc(cc3)OCc3cn(nn3)[C@H]3C[C@@H](C(=O)C[C@@H](Cc4ccccc4)C(=O)N1)N(C(=O)[C@@H](NC(=O)[C@H](C)N(C)C(=O)OC(C)(C)C)C(C)(C)C)C3)N(C(=O)[C@@H](NC(=O)[C@H](C)N(C)C(=O)OC(C)(C)C)C(C)(C)C)C2. The Morgan fingerprint density at radius 1 is 0.508 bits per heavy atom. The van der Waals surface area contributed by atoms with E-state index in [1.165, 1.54) is 61.3 Å². The molecule has 0 aliphatic carbocycles. The highest BCUT2D eigenvalue weighted by molar-refractivity contribution is 5.99. The van der Waals surface area contributed by atoms with E-state index in [-0.39, 0.29) is 64.8 Å². The highest BCUT2D eigenvalue weighted by Gasteiger charge is 2.50. The standard InChI is InChI=1S/C89H115N15O18/c1-52(99(15)84(115)121-88(9,10)11)75(106)93-73(86(3,4)5)80(111)101-48-63-44-70(101)72(105)43-60(38-54-24-20-19-21-25-54)77(108)91-68(82(113)117-17)40-55-29-34-65(35-30-55)120-51-62-47-104(98-96-62)64-45-71(102(49-64)81(112)74(87(6,7)8)94-76(107)53(2)100(16)85(116)122-89(12,13)14)79(110)90-67(42-57-28-33-58-26-22-23-27-59(58)39-57)78(109)92-69(83(114)118-18)41-56-31-36-66(37-32-56)119-50-61-46-103(63)97-95-61/h19-37,39,46-47,52-53,60,63-64,67-71,73-74H,38,40-45,48-51H2,1-18H3,(H,90,110)(H,91,108)(H,92,109)(H,93,106)(H,94,107)/t52-,53-,60+,63-,64?,67-,68-,69-,70-,71-,73+,74+/m0/s1. The first-order valence-corrected chi connectivity index (χ1v) is 40.9. The number of hydrogen-bond acceptors (Lipinski definition) is 22. The number of ketones is 1. The van der Waals surface area contributed by atoms with Gasteiger partial charge in [0.25, 0.3) is 0 Å². The monoisotopic (exact) mass is 1680 g/mol. The second-order valence-electron chi connectivity index (χ2n) is 35.8. The molecule has 8 heterocycles. The van der Waals surface area contributed by atoms with Crippen LogP contribution in [0.25, 0.3) is 10.8 Å². The number of methoxy groups -OCH3 is 2. The summed E-state index contributed by atoms with van der Waals surface area (Å²) in [6.07, 6.45) is 0.926. The average Bonchev–Trinajstić information content (AvgIpc) is 1.57. The van der Waals surface area contributed by atoms with E-state index in [4.69, 9.17) is 28.4 Å². The molecule has 122 heavy (non-hydrogen) atoms. The van der Waals surface area contributed by atoms with Crippen molar-refractivity contribution >= 4 is 82.0 Å². The number of nitrogens with zero attached hydrogens (tertiary/aromatic N) is 10. The van der Waals surface area contributed by atoms with Gasteiger partial charge in [-0.25, -0.2) is 28.5 Å². The summed E-state index contributed by atoms with van der Waals surface area (Å²) in [5, 5.41) is 34.0. The van der Waals surface area contributed by atoms with E-state index in [9.17, 15) is 28.8 Å². The maximum atomic E-state index is 15.6. The topological polar surface area (TPSA) is 395 Å². The van der Waals surface area contributed by atoms with Crippen molar-refractivity contribution in [3.63, 3.8) is 0 Å². The van der Waals surface area contributed by atoms with Crippen LogP contribution in [0.4, 0.5) is 9.59 Å². The van der Waals surface area contributed by atoms with E-state index in [1.807, 2.05) is 48.5 Å². The molecule has 33 nitrogen and oxygen atoms in total. The summed E-state index contributed by atoms with van der Waals surface area (Å²) in [5.74, 6) is -7.31. The van der Waals surface area contributed by atoms with Gasteiger partial charge in [0.05, 0.1) is 44.7 Å². The summed E-state index contributed by atoms with van der Waals surface area (Å²) in [5.41, 5.74) is -0.639. The fourth-order valence-corrected chi connectivity index (χ4v) is 14.7. The zero-order valence-electron chi connectivity index (χ0n) is 72.7. The van der Waals surface area contributed by atoms with Crippen molar-refractivity contribution in [3.8, 4) is 11.5 Å². The Hall–Kier alpha value is -12.3. The number of amides is 9. The highest BCUT2D eigenvalue weighted by Crippen LogP contribution is 2.36. The minimum Gasteiger partial charge on any atom is -0.487 e. The van der Waals surface area contributed by atoms with Crippen LogP contribution in [0.5, 0.6) is 11.5 Å². The quantitative estimate of drug-likeness (QED) is 0.0514. The zero-order valence-corrected chi connectivity index (χ0v) is 72.7. The Bertz CT molecular complexity index is 4930. The van der Waals surface area contributed by atoms with Crippen LogP contribution in [-0.4, -0.2) is 228 Å². The molecule has 13 rings (SSSR count). The van der Waals surface area contributed by atoms with Crippen molar-refractivity contribution in [1.82, 2.24) is 76.2 Å². The Balaban J connectivity index is 0.989. The number of likely N-dealkylation sites (N-methyl/N-ethyl adjacent to an activating group) is 2. The minimum absolute atomic E-state index is 0.0147. The first-order chi connectivity index (χ1) is 57.4. The van der Waals surface area contributed by atoms with Crippen LogP contribution in [-0.2, 0) is 106 Å². The Kier molecular flexibility index (Phi) is 29.4. The van der Waals surface area contributed by atoms with Gasteiger partial charge in [0.1, 0.15) is 95.6 Å². The zero-order chi connectivity index (χ0) is 89.0. The van der Waals surface area contributed by atoms with Crippen molar-refractivity contribution < 1.29 is 86.0 Å². The average molecular weight is 1680 g/mol. The molecule has 2 aromatic heterocycles. The maximum Gasteiger partial charge on any atom is 0.410 e. The molecular formula is C89H115N15O18. The number of nitrogens with one attached hydrogen (secondary N) is 5. The second kappa shape index (κ2) is 39.0. The van der Waals surface area contributed by atoms with Gasteiger partial charge in [-0.3, -0.25) is 48.2 Å². The minimum atomic E-state index is -1.40. The molecule has 2 saturated heterocycles. The van der Waals surface area contributed by atoms with Gasteiger partial charge in [0.15, 0.2) is 5.78 Å². The van der Waals surface area contributed by atoms with Gasteiger partial charge in [-0.15, -0.1) is 10.2 Å². The molecule has 2 fully saturated rings. The van der Waals surface area contributed by atoms with Crippen LogP contribution >= 0.6 is 0 Å². The lowest BCUT2D eigenvalue weighted by molar-refractivity contribution is -0.146. The number of likely N-dealkylation sites (tertiary alicyclic amines) is 2. The van der Waals surface area contributed by atoms with Crippen LogP contribution in [0.2, 0.25) is 0 Å². The number of fused-ring (bicyclic) bond motifs is 1. The molecule has 12 bridgehead atoms. The number of benzene rings is 5. The second-order valence-corrected chi connectivity index (χ2v) is 35.8. The Labute approximate surface area is 710 Å². The molecule has 0 radical (unpaired) electrons. The maximum absolute atomic E-state index is 15.6. The molecule has 7 aromatic rings. The number of hydrogen-bond donors (Lipinski definition) is 5. The fraction of sp³-hybridized carbons (Fsp3) is 0.506. The normalized spacial score (nSPS) is 20.8. The summed E-state index contributed by atoms with van der Waals surface area (Å²) in [7, 11) is 5.19. The summed E-state index contributed by atoms with van der Waals surface area (Å²) in [4.78, 5) is 180. The van der Waals surface area contributed by atoms with E-state index >= 15 is 28.8 Å². The predicted molar refractivity (Wildman–Crippen MR) is 448 cm³/mol. The third-order valence-corrected chi connectivity index (χ3v) is 21.9. The molecule has 9 amide bonds. The lowest BCUT2D eigenvalue weighted by Gasteiger charge is -2.37. The third-order valence-electron chi connectivity index (χ3n) is 21.9. The summed E-state index contributed by atoms with van der Waals surface area (Å²) in [6.45, 7) is 23.1. The first kappa shape index (κ1) is 92.0. The van der Waals surface area contributed by atoms with Crippen molar-refractivity contribution in [2.24, 2.45) is 16.7 Å². The molecule has 6 aliphatic rings. The van der Waals surface area contributed by atoms with Crippen LogP contribution in [0, 0.1) is 16.7 Å². The summed E-state index contributed by atoms with van der Waals surface area (Å²) < 4.78 is 37.2. The highest BCUT2D eigenvalue weighted by atomic mass is 16.6. The molecule has 654 valence electrons. The van der Waals surface area contributed by atoms with Gasteiger partial charge in [-0.1, -0.05) is 149 Å². The number of Topliss-reactive ketones (excluding diaryl/α,β-unsaturated/α-hetero) is 1. The van der Waals surface area contributed by atoms with Crippen LogP contribution in [0.1, 0.15) is 162 Å². The van der Waals surface area contributed by atoms with Gasteiger partial charge >= 0.3 is 24.1 Å². The first-order valence-electron chi connectivity index (χ1n) is 40.9. The van der Waals surface area contributed by atoms with Gasteiger partial charge in [-0.2, -0.15) is 0 Å². The Morgan fingerprint density at radius 2 is 0.943 bits per heavy atom. The largest absolute Gasteiger partial charge is 0.487 e. The fourth-order valence-electron chi connectivity index (χ4n) is 14.7. The third kappa shape index (κ3) is 24.1. The van der Waals surface area contributed by atoms with Crippen LogP contribution in [0.3, 0.4) is 0 Å². The van der Waals surface area contributed by atoms with Crippen LogP contribution < -0.4 is 36.1 Å². The molecule has 6 aliphatic heterocycles. The van der Waals surface area contributed by atoms with Crippen molar-refractivity contribution in [3.05, 3.63) is 167 Å². The van der Waals surface area contributed by atoms with Crippen molar-refractivity contribution in [1.29, 1.82) is 0 Å². The molecule has 1 unspecified atom stereocenters. The molecule has 5 N–H and O–H groups in total. The predicted octanol–water partition coefficient (Wildman–Crippen LogP) is 7.70. The summed E-state index contributed by atoms with van der Waals surface area (Å²) in [6, 6.07) is 22.8. The van der Waals surface area contributed by atoms with E-state index in [2.05, 4.69) is 47.2 Å². The van der Waals surface area contributed by atoms with Crippen molar-refractivity contribution in [2.75, 3.05) is 41.4 Å². The molecule has 33 heteroatoms. The molecule has 12 atom stereocenters. The van der Waals surface area contributed by atoms with E-state index < -0.39 is 172 Å². The number of esters is 2. The van der Waals surface area contributed by atoms with Gasteiger partial charge in [0.2, 0.25) is 41.4 Å². The molecule has 5 aromatic carbocycles. The van der Waals surface area contributed by atoms with E-state index in [1.54, 1.807) is 168 Å². The molecular weight excluding hydrogens is 1570 g/mol. The van der Waals surface area contributed by atoms with Gasteiger partial charge < -0.3 is 64.8 Å². The lowest BCUT2D eigenvalue weighted by atomic mass is 9.85. The van der Waals surface area contributed by atoms with Crippen molar-refractivity contribution in [2.45, 2.75) is 233 Å². The smallest absolute Gasteiger partial charge is 0.410 e. The summed E-state index contributed by atoms with van der Waals surface area (Å²) >= 11 is 0. The Morgan fingerprint density at radius 3 is 1.39 bits per heavy atom. The molecule has 0 spiro atoms. The number of carbonyl (C=O) groups is 12. The number of carbonyl (C=O) groups excluding carboxylic acids is 12.